The van der Waals surface area contributed by atoms with Gasteiger partial charge in [0, 0.05) is 18.8 Å². The fourth-order valence-corrected chi connectivity index (χ4v) is 3.01. The molecule has 0 unspecified atom stereocenters. The summed E-state index contributed by atoms with van der Waals surface area (Å²) < 4.78 is 0. The van der Waals surface area contributed by atoms with E-state index < -0.39 is 5.24 Å². The quantitative estimate of drug-likeness (QED) is 0.305. The second kappa shape index (κ2) is 8.81. The number of hydrazine groups is 1. The van der Waals surface area contributed by atoms with Crippen molar-refractivity contribution in [1.82, 2.24) is 9.99 Å². The first-order valence-electron chi connectivity index (χ1n) is 7.49. The molecule has 0 radical (unpaired) electrons. The minimum atomic E-state index is -0.437. The summed E-state index contributed by atoms with van der Waals surface area (Å²) in [5, 5.41) is 5.94. The van der Waals surface area contributed by atoms with Gasteiger partial charge < -0.3 is 5.32 Å². The molecule has 128 valence electrons. The number of thiol groups is 1. The lowest BCUT2D eigenvalue weighted by Crippen LogP contribution is -2.35. The Labute approximate surface area is 150 Å². The van der Waals surface area contributed by atoms with E-state index in [9.17, 15) is 9.59 Å². The third kappa shape index (κ3) is 5.95. The Hall–Kier alpha value is -1.90. The number of benzene rings is 1. The van der Waals surface area contributed by atoms with Crippen molar-refractivity contribution in [1.29, 1.82) is 0 Å². The molecule has 0 saturated carbocycles. The van der Waals surface area contributed by atoms with Crippen LogP contribution in [-0.4, -0.2) is 27.7 Å². The first kappa shape index (κ1) is 18.4. The van der Waals surface area contributed by atoms with Gasteiger partial charge in [0.25, 0.3) is 5.24 Å². The molecule has 24 heavy (non-hydrogen) atoms. The number of hydrogen-bond acceptors (Lipinski definition) is 5. The molecule has 0 bridgehead atoms. The van der Waals surface area contributed by atoms with E-state index in [-0.39, 0.29) is 5.91 Å². The summed E-state index contributed by atoms with van der Waals surface area (Å²) in [6.45, 7) is 1.91. The maximum Gasteiger partial charge on any atom is 0.292 e. The van der Waals surface area contributed by atoms with Crippen LogP contribution in [0, 0.1) is 0 Å². The number of hydrogen-bond donors (Lipinski definition) is 3. The van der Waals surface area contributed by atoms with Gasteiger partial charge in [-0.25, -0.2) is 10.8 Å². The third-order valence-electron chi connectivity index (χ3n) is 3.41. The van der Waals surface area contributed by atoms with E-state index in [1.165, 1.54) is 23.8 Å². The second-order valence-corrected chi connectivity index (χ2v) is 6.61. The van der Waals surface area contributed by atoms with Gasteiger partial charge in [-0.2, -0.15) is 0 Å². The number of aryl methyl sites for hydroxylation is 2. The average molecular weight is 364 g/mol. The molecule has 1 heterocycles. The fourth-order valence-electron chi connectivity index (χ4n) is 2.12. The predicted molar refractivity (Wildman–Crippen MR) is 99.2 cm³/mol. The van der Waals surface area contributed by atoms with E-state index in [1.807, 2.05) is 17.5 Å². The van der Waals surface area contributed by atoms with Crippen molar-refractivity contribution < 1.29 is 9.59 Å². The van der Waals surface area contributed by atoms with E-state index >= 15 is 0 Å². The zero-order valence-corrected chi connectivity index (χ0v) is 15.1. The van der Waals surface area contributed by atoms with Crippen molar-refractivity contribution in [2.75, 3.05) is 11.9 Å². The molecule has 2 rings (SSSR count). The fraction of sp³-hybridized carbons (Fsp3) is 0.312. The van der Waals surface area contributed by atoms with Gasteiger partial charge in [0.1, 0.15) is 0 Å². The van der Waals surface area contributed by atoms with Crippen LogP contribution in [0.15, 0.2) is 29.6 Å². The zero-order chi connectivity index (χ0) is 17.5. The SMILES string of the molecule is CC(=O)Nc1nc(CCc2ccc(CCN(N)C(=O)S)cc2)cs1. The Kier molecular flexibility index (Phi) is 6.77. The minimum Gasteiger partial charge on any atom is -0.302 e. The summed E-state index contributed by atoms with van der Waals surface area (Å²) in [5.74, 6) is 5.40. The van der Waals surface area contributed by atoms with E-state index in [2.05, 4.69) is 35.1 Å². The minimum absolute atomic E-state index is 0.109. The molecule has 0 atom stereocenters. The number of nitrogens with zero attached hydrogens (tertiary/aromatic N) is 2. The van der Waals surface area contributed by atoms with E-state index in [0.29, 0.717) is 18.1 Å². The number of thiazole rings is 1. The lowest BCUT2D eigenvalue weighted by molar-refractivity contribution is -0.114. The number of rotatable bonds is 7. The van der Waals surface area contributed by atoms with Crippen LogP contribution >= 0.6 is 24.0 Å². The Balaban J connectivity index is 1.82. The highest BCUT2D eigenvalue weighted by atomic mass is 32.1. The Morgan fingerprint density at radius 1 is 1.21 bits per heavy atom. The summed E-state index contributed by atoms with van der Waals surface area (Å²) in [6, 6.07) is 8.21. The molecular formula is C16H20N4O2S2. The van der Waals surface area contributed by atoms with Gasteiger partial charge in [0.05, 0.1) is 5.69 Å². The van der Waals surface area contributed by atoms with Gasteiger partial charge in [0.2, 0.25) is 5.91 Å². The number of carbonyl (C=O) groups is 2. The van der Waals surface area contributed by atoms with Gasteiger partial charge in [-0.3, -0.25) is 14.6 Å². The number of amides is 2. The van der Waals surface area contributed by atoms with Crippen LogP contribution in [0.2, 0.25) is 0 Å². The van der Waals surface area contributed by atoms with Gasteiger partial charge in [-0.05, 0) is 30.4 Å². The topological polar surface area (TPSA) is 88.3 Å². The molecule has 0 saturated heterocycles. The van der Waals surface area contributed by atoms with Crippen molar-refractivity contribution >= 4 is 40.2 Å². The van der Waals surface area contributed by atoms with Gasteiger partial charge in [-0.15, -0.1) is 11.3 Å². The second-order valence-electron chi connectivity index (χ2n) is 5.37. The molecule has 2 amide bonds. The van der Waals surface area contributed by atoms with Crippen LogP contribution in [0.4, 0.5) is 9.93 Å². The number of aromatic nitrogens is 1. The molecule has 0 aliphatic rings. The first-order chi connectivity index (χ1) is 11.4. The lowest BCUT2D eigenvalue weighted by Gasteiger charge is -2.13. The van der Waals surface area contributed by atoms with Crippen molar-refractivity contribution in [2.24, 2.45) is 5.84 Å². The van der Waals surface area contributed by atoms with Gasteiger partial charge >= 0.3 is 0 Å². The van der Waals surface area contributed by atoms with E-state index in [4.69, 9.17) is 5.84 Å². The van der Waals surface area contributed by atoms with Crippen LogP contribution in [0.5, 0.6) is 0 Å². The predicted octanol–water partition coefficient (Wildman–Crippen LogP) is 2.65. The average Bonchev–Trinajstić information content (AvgIpc) is 2.98. The highest BCUT2D eigenvalue weighted by Crippen LogP contribution is 2.17. The Morgan fingerprint density at radius 3 is 2.42 bits per heavy atom. The Morgan fingerprint density at radius 2 is 1.83 bits per heavy atom. The Bertz CT molecular complexity index is 700. The summed E-state index contributed by atoms with van der Waals surface area (Å²) in [6.07, 6.45) is 2.39. The van der Waals surface area contributed by atoms with Gasteiger partial charge in [0.15, 0.2) is 5.13 Å². The molecule has 0 spiro atoms. The molecule has 0 fully saturated rings. The maximum absolute atomic E-state index is 11.0. The highest BCUT2D eigenvalue weighted by Gasteiger charge is 2.05. The number of carbonyl (C=O) groups excluding carboxylic acids is 2. The summed E-state index contributed by atoms with van der Waals surface area (Å²) in [4.78, 5) is 26.3. The number of nitrogens with one attached hydrogen (secondary N) is 1. The molecule has 1 aromatic heterocycles. The number of anilines is 1. The van der Waals surface area contributed by atoms with Crippen LogP contribution in [-0.2, 0) is 24.1 Å². The standard InChI is InChI=1S/C16H20N4O2S2/c1-11(21)18-15-19-14(10-24-15)7-6-12-2-4-13(5-3-12)8-9-20(17)16(22)23/h2-5,10H,6-9,17H2,1H3,(H,22,23)(H,18,19,21). The molecule has 0 aliphatic heterocycles. The van der Waals surface area contributed by atoms with Crippen LogP contribution < -0.4 is 11.2 Å². The summed E-state index contributed by atoms with van der Waals surface area (Å²) >= 11 is 5.11. The molecule has 2 aromatic rings. The van der Waals surface area contributed by atoms with Crippen molar-refractivity contribution in [3.8, 4) is 0 Å². The van der Waals surface area contributed by atoms with Crippen molar-refractivity contribution in [3.63, 3.8) is 0 Å². The largest absolute Gasteiger partial charge is 0.302 e. The molecule has 1 aromatic carbocycles. The van der Waals surface area contributed by atoms with Crippen molar-refractivity contribution in [3.05, 3.63) is 46.5 Å². The first-order valence-corrected chi connectivity index (χ1v) is 8.81. The number of nitrogens with two attached hydrogens (primary N) is 1. The molecule has 6 nitrogen and oxygen atoms in total. The van der Waals surface area contributed by atoms with Crippen LogP contribution in [0.25, 0.3) is 0 Å². The van der Waals surface area contributed by atoms with Crippen molar-refractivity contribution in [2.45, 2.75) is 26.2 Å². The zero-order valence-electron chi connectivity index (χ0n) is 13.4. The smallest absolute Gasteiger partial charge is 0.292 e. The molecule has 3 N–H and O–H groups in total. The molecular weight excluding hydrogens is 344 g/mol. The monoisotopic (exact) mass is 364 g/mol. The summed E-state index contributed by atoms with van der Waals surface area (Å²) in [5.41, 5.74) is 3.30. The normalized spacial score (nSPS) is 10.5. The summed E-state index contributed by atoms with van der Waals surface area (Å²) in [7, 11) is 0. The van der Waals surface area contributed by atoms with E-state index in [1.54, 1.807) is 0 Å². The van der Waals surface area contributed by atoms with E-state index in [0.717, 1.165) is 29.1 Å². The van der Waals surface area contributed by atoms with Gasteiger partial charge in [-0.1, -0.05) is 36.9 Å². The van der Waals surface area contributed by atoms with Crippen LogP contribution in [0.3, 0.4) is 0 Å². The van der Waals surface area contributed by atoms with Crippen LogP contribution in [0.1, 0.15) is 23.7 Å². The highest BCUT2D eigenvalue weighted by molar-refractivity contribution is 7.96. The maximum atomic E-state index is 11.0. The molecule has 8 heteroatoms. The lowest BCUT2D eigenvalue weighted by atomic mass is 10.0. The molecule has 0 aliphatic carbocycles. The third-order valence-corrected chi connectivity index (χ3v) is 4.48.